The van der Waals surface area contributed by atoms with Crippen LogP contribution in [-0.2, 0) is 21.4 Å². The van der Waals surface area contributed by atoms with Crippen molar-refractivity contribution >= 4 is 10.0 Å². The third-order valence-electron chi connectivity index (χ3n) is 1.70. The summed E-state index contributed by atoms with van der Waals surface area (Å²) in [5.74, 6) is 0. The lowest BCUT2D eigenvalue weighted by Gasteiger charge is -2.03. The first-order valence-electron chi connectivity index (χ1n) is 4.23. The van der Waals surface area contributed by atoms with Gasteiger partial charge in [0.1, 0.15) is 0 Å². The van der Waals surface area contributed by atoms with Crippen LogP contribution >= 0.6 is 0 Å². The summed E-state index contributed by atoms with van der Waals surface area (Å²) in [7, 11) is -3.61. The van der Waals surface area contributed by atoms with E-state index in [1.54, 1.807) is 12.1 Å². The molecule has 14 heavy (non-hydrogen) atoms. The Kier molecular flexibility index (Phi) is 3.62. The Morgan fingerprint density at radius 2 is 2.14 bits per heavy atom. The molecule has 78 valence electrons. The maximum atomic E-state index is 11.0. The van der Waals surface area contributed by atoms with Crippen molar-refractivity contribution in [2.45, 2.75) is 18.4 Å². The van der Waals surface area contributed by atoms with Crippen LogP contribution in [-0.4, -0.2) is 15.0 Å². The van der Waals surface area contributed by atoms with Crippen molar-refractivity contribution in [3.05, 3.63) is 29.8 Å². The number of benzene rings is 1. The van der Waals surface area contributed by atoms with Gasteiger partial charge in [0.25, 0.3) is 0 Å². The quantitative estimate of drug-likeness (QED) is 0.810. The second-order valence-corrected chi connectivity index (χ2v) is 4.39. The molecule has 1 aromatic rings. The second-order valence-electron chi connectivity index (χ2n) is 2.83. The number of hydrogen-bond donors (Lipinski definition) is 1. The fourth-order valence-electron chi connectivity index (χ4n) is 1.03. The summed E-state index contributed by atoms with van der Waals surface area (Å²) < 4.78 is 27.1. The molecule has 2 N–H and O–H groups in total. The van der Waals surface area contributed by atoms with Crippen LogP contribution in [0.3, 0.4) is 0 Å². The lowest BCUT2D eigenvalue weighted by atomic mass is 10.2. The van der Waals surface area contributed by atoms with Gasteiger partial charge in [0.2, 0.25) is 10.0 Å². The van der Waals surface area contributed by atoms with E-state index >= 15 is 0 Å². The predicted molar refractivity (Wildman–Crippen MR) is 53.1 cm³/mol. The first-order valence-corrected chi connectivity index (χ1v) is 5.78. The molecule has 0 aliphatic carbocycles. The van der Waals surface area contributed by atoms with Crippen molar-refractivity contribution in [1.82, 2.24) is 0 Å². The molecule has 0 atom stereocenters. The van der Waals surface area contributed by atoms with Crippen molar-refractivity contribution < 1.29 is 13.2 Å². The van der Waals surface area contributed by atoms with Gasteiger partial charge in [-0.2, -0.15) is 0 Å². The van der Waals surface area contributed by atoms with E-state index in [0.717, 1.165) is 5.56 Å². The Balaban J connectivity index is 2.90. The van der Waals surface area contributed by atoms with Gasteiger partial charge in [-0.15, -0.1) is 0 Å². The minimum atomic E-state index is -3.61. The van der Waals surface area contributed by atoms with E-state index in [9.17, 15) is 8.42 Å². The van der Waals surface area contributed by atoms with Gasteiger partial charge in [-0.25, -0.2) is 13.6 Å². The van der Waals surface area contributed by atoms with Crippen LogP contribution < -0.4 is 5.14 Å². The first kappa shape index (κ1) is 11.2. The van der Waals surface area contributed by atoms with Gasteiger partial charge >= 0.3 is 0 Å². The normalized spacial score (nSPS) is 11.6. The van der Waals surface area contributed by atoms with Crippen molar-refractivity contribution in [3.63, 3.8) is 0 Å². The van der Waals surface area contributed by atoms with Gasteiger partial charge in [-0.1, -0.05) is 12.1 Å². The molecule has 0 amide bonds. The third kappa shape index (κ3) is 3.10. The Labute approximate surface area is 83.7 Å². The molecule has 1 aromatic carbocycles. The highest BCUT2D eigenvalue weighted by atomic mass is 32.2. The summed E-state index contributed by atoms with van der Waals surface area (Å²) in [6, 6.07) is 6.42. The van der Waals surface area contributed by atoms with Gasteiger partial charge in [-0.05, 0) is 24.6 Å². The molecule has 4 nitrogen and oxygen atoms in total. The average Bonchev–Trinajstić information content (AvgIpc) is 2.14. The Morgan fingerprint density at radius 1 is 1.43 bits per heavy atom. The highest BCUT2D eigenvalue weighted by Crippen LogP contribution is 2.10. The van der Waals surface area contributed by atoms with Crippen LogP contribution in [0.1, 0.15) is 12.5 Å². The van der Waals surface area contributed by atoms with E-state index in [4.69, 9.17) is 9.88 Å². The molecule has 0 aliphatic heterocycles. The van der Waals surface area contributed by atoms with Gasteiger partial charge < -0.3 is 4.74 Å². The molecule has 5 heteroatoms. The fraction of sp³-hybridized carbons (Fsp3) is 0.333. The third-order valence-corrected chi connectivity index (χ3v) is 2.61. The highest BCUT2D eigenvalue weighted by Gasteiger charge is 2.07. The minimum absolute atomic E-state index is 0.120. The molecular weight excluding hydrogens is 202 g/mol. The maximum absolute atomic E-state index is 11.0. The molecule has 0 radical (unpaired) electrons. The molecule has 0 unspecified atom stereocenters. The number of primary sulfonamides is 1. The second kappa shape index (κ2) is 4.54. The van der Waals surface area contributed by atoms with Crippen LogP contribution in [0.15, 0.2) is 29.2 Å². The van der Waals surface area contributed by atoms with Gasteiger partial charge in [0.05, 0.1) is 11.5 Å². The van der Waals surface area contributed by atoms with Crippen LogP contribution in [0.25, 0.3) is 0 Å². The van der Waals surface area contributed by atoms with E-state index in [0.29, 0.717) is 13.2 Å². The lowest BCUT2D eigenvalue weighted by Crippen LogP contribution is -2.12. The summed E-state index contributed by atoms with van der Waals surface area (Å²) in [6.45, 7) is 2.88. The van der Waals surface area contributed by atoms with Crippen LogP contribution in [0.5, 0.6) is 0 Å². The molecular formula is C9H13NO3S. The molecule has 1 rings (SSSR count). The van der Waals surface area contributed by atoms with E-state index < -0.39 is 10.0 Å². The summed E-state index contributed by atoms with van der Waals surface area (Å²) in [4.78, 5) is 0.120. The number of sulfonamides is 1. The highest BCUT2D eigenvalue weighted by molar-refractivity contribution is 7.89. The van der Waals surface area contributed by atoms with Gasteiger partial charge in [0, 0.05) is 6.61 Å². The topological polar surface area (TPSA) is 69.4 Å². The lowest BCUT2D eigenvalue weighted by molar-refractivity contribution is 0.134. The van der Waals surface area contributed by atoms with Crippen LogP contribution in [0.2, 0.25) is 0 Å². The van der Waals surface area contributed by atoms with Gasteiger partial charge in [-0.3, -0.25) is 0 Å². The molecule has 0 spiro atoms. The van der Waals surface area contributed by atoms with E-state index in [-0.39, 0.29) is 4.90 Å². The largest absolute Gasteiger partial charge is 0.377 e. The average molecular weight is 215 g/mol. The van der Waals surface area contributed by atoms with E-state index in [2.05, 4.69) is 0 Å². The molecule has 0 bridgehead atoms. The van der Waals surface area contributed by atoms with Gasteiger partial charge in [0.15, 0.2) is 0 Å². The number of ether oxygens (including phenoxy) is 1. The minimum Gasteiger partial charge on any atom is -0.377 e. The molecule has 0 fully saturated rings. The Morgan fingerprint density at radius 3 is 2.71 bits per heavy atom. The summed E-state index contributed by atoms with van der Waals surface area (Å²) in [6.07, 6.45) is 0. The molecule has 0 heterocycles. The monoisotopic (exact) mass is 215 g/mol. The standard InChI is InChI=1S/C9H13NO3S/c1-2-13-7-8-4-3-5-9(6-8)14(10,11)12/h3-6H,2,7H2,1H3,(H2,10,11,12). The van der Waals surface area contributed by atoms with E-state index in [1.165, 1.54) is 12.1 Å². The van der Waals surface area contributed by atoms with Crippen molar-refractivity contribution in [2.75, 3.05) is 6.61 Å². The fourth-order valence-corrected chi connectivity index (χ4v) is 1.62. The van der Waals surface area contributed by atoms with Crippen molar-refractivity contribution in [1.29, 1.82) is 0 Å². The van der Waals surface area contributed by atoms with Crippen molar-refractivity contribution in [3.8, 4) is 0 Å². The van der Waals surface area contributed by atoms with Crippen LogP contribution in [0.4, 0.5) is 0 Å². The maximum Gasteiger partial charge on any atom is 0.238 e. The zero-order valence-corrected chi connectivity index (χ0v) is 8.75. The smallest absolute Gasteiger partial charge is 0.238 e. The number of rotatable bonds is 4. The summed E-state index contributed by atoms with van der Waals surface area (Å²) >= 11 is 0. The molecule has 0 saturated heterocycles. The first-order chi connectivity index (χ1) is 6.54. The van der Waals surface area contributed by atoms with E-state index in [1.807, 2.05) is 6.92 Å². The summed E-state index contributed by atoms with van der Waals surface area (Å²) in [5, 5.41) is 4.99. The Hall–Kier alpha value is -0.910. The van der Waals surface area contributed by atoms with Crippen LogP contribution in [0, 0.1) is 0 Å². The molecule has 0 saturated carbocycles. The zero-order valence-electron chi connectivity index (χ0n) is 7.93. The number of hydrogen-bond acceptors (Lipinski definition) is 3. The zero-order chi connectivity index (χ0) is 10.6. The van der Waals surface area contributed by atoms with Crippen molar-refractivity contribution in [2.24, 2.45) is 5.14 Å². The SMILES string of the molecule is CCOCc1cccc(S(N)(=O)=O)c1. The molecule has 0 aliphatic rings. The molecule has 0 aromatic heterocycles. The summed E-state index contributed by atoms with van der Waals surface area (Å²) in [5.41, 5.74) is 0.804. The predicted octanol–water partition coefficient (Wildman–Crippen LogP) is 0.871. The Bertz CT molecular complexity index is 400. The number of nitrogens with two attached hydrogens (primary N) is 1.